The van der Waals surface area contributed by atoms with Gasteiger partial charge in [-0.1, -0.05) is 5.21 Å². The molecule has 21 heavy (non-hydrogen) atoms. The molecule has 0 spiro atoms. The normalized spacial score (nSPS) is 22.2. The van der Waals surface area contributed by atoms with Crippen LogP contribution < -0.4 is 5.73 Å². The molecule has 3 rings (SSSR count). The molecular formula is C13H19N7O. The predicted octanol–water partition coefficient (Wildman–Crippen LogP) is 0.0799. The molecule has 0 radical (unpaired) electrons. The van der Waals surface area contributed by atoms with E-state index < -0.39 is 0 Å². The van der Waals surface area contributed by atoms with Crippen LogP contribution in [0.4, 0.5) is 0 Å². The summed E-state index contributed by atoms with van der Waals surface area (Å²) in [6, 6.07) is 0.0580. The molecule has 2 aromatic heterocycles. The monoisotopic (exact) mass is 289 g/mol. The average molecular weight is 289 g/mol. The lowest BCUT2D eigenvalue weighted by atomic mass is 10.2. The van der Waals surface area contributed by atoms with Gasteiger partial charge in [-0.25, -0.2) is 4.68 Å². The van der Waals surface area contributed by atoms with Crippen molar-refractivity contribution in [1.82, 2.24) is 29.7 Å². The Hall–Kier alpha value is -2.22. The quantitative estimate of drug-likeness (QED) is 0.863. The molecule has 0 bridgehead atoms. The minimum Gasteiger partial charge on any atom is -0.335 e. The van der Waals surface area contributed by atoms with Crippen LogP contribution >= 0.6 is 0 Å². The van der Waals surface area contributed by atoms with Gasteiger partial charge in [-0.15, -0.1) is 5.10 Å². The van der Waals surface area contributed by atoms with Crippen molar-refractivity contribution in [2.75, 3.05) is 13.1 Å². The van der Waals surface area contributed by atoms with Crippen LogP contribution in [0.5, 0.6) is 0 Å². The SMILES string of the molecule is CC(C)n1cc(C(=O)N2C[C@@H](N)[C@@H](n3ccnn3)C2)cn1. The van der Waals surface area contributed by atoms with Gasteiger partial charge in [0, 0.05) is 37.6 Å². The van der Waals surface area contributed by atoms with Gasteiger partial charge >= 0.3 is 0 Å². The number of aromatic nitrogens is 5. The van der Waals surface area contributed by atoms with Gasteiger partial charge in [0.25, 0.3) is 5.91 Å². The first-order chi connectivity index (χ1) is 10.1. The van der Waals surface area contributed by atoms with Crippen LogP contribution in [0.15, 0.2) is 24.8 Å². The highest BCUT2D eigenvalue weighted by molar-refractivity contribution is 5.94. The Balaban J connectivity index is 1.74. The lowest BCUT2D eigenvalue weighted by molar-refractivity contribution is 0.0785. The second-order valence-corrected chi connectivity index (χ2v) is 5.63. The largest absolute Gasteiger partial charge is 0.335 e. The molecule has 0 unspecified atom stereocenters. The molecule has 8 heteroatoms. The highest BCUT2D eigenvalue weighted by Crippen LogP contribution is 2.21. The van der Waals surface area contributed by atoms with Crippen LogP contribution in [0, 0.1) is 0 Å². The molecular weight excluding hydrogens is 270 g/mol. The predicted molar refractivity (Wildman–Crippen MR) is 75.5 cm³/mol. The Morgan fingerprint density at radius 1 is 1.43 bits per heavy atom. The van der Waals surface area contributed by atoms with Crippen LogP contribution in [0.3, 0.4) is 0 Å². The Labute approximate surface area is 122 Å². The third-order valence-corrected chi connectivity index (χ3v) is 3.78. The van der Waals surface area contributed by atoms with Crippen molar-refractivity contribution in [1.29, 1.82) is 0 Å². The molecule has 0 saturated carbocycles. The number of nitrogens with zero attached hydrogens (tertiary/aromatic N) is 6. The van der Waals surface area contributed by atoms with E-state index >= 15 is 0 Å². The molecule has 2 aromatic rings. The fraction of sp³-hybridized carbons (Fsp3) is 0.538. The van der Waals surface area contributed by atoms with Crippen LogP contribution in [0.25, 0.3) is 0 Å². The smallest absolute Gasteiger partial charge is 0.257 e. The summed E-state index contributed by atoms with van der Waals surface area (Å²) in [5.74, 6) is -0.0417. The molecule has 1 amide bonds. The number of nitrogens with two attached hydrogens (primary N) is 1. The zero-order valence-corrected chi connectivity index (χ0v) is 12.1. The molecule has 0 aromatic carbocycles. The Morgan fingerprint density at radius 2 is 2.24 bits per heavy atom. The lowest BCUT2D eigenvalue weighted by Gasteiger charge is -2.15. The van der Waals surface area contributed by atoms with Gasteiger partial charge in [-0.3, -0.25) is 9.48 Å². The zero-order chi connectivity index (χ0) is 15.0. The molecule has 1 saturated heterocycles. The van der Waals surface area contributed by atoms with Crippen molar-refractivity contribution in [3.63, 3.8) is 0 Å². The number of amides is 1. The third kappa shape index (κ3) is 2.54. The van der Waals surface area contributed by atoms with Crippen molar-refractivity contribution in [3.05, 3.63) is 30.4 Å². The second-order valence-electron chi connectivity index (χ2n) is 5.63. The average Bonchev–Trinajstić information content (AvgIpc) is 3.18. The van der Waals surface area contributed by atoms with Gasteiger partial charge < -0.3 is 10.6 Å². The molecule has 1 aliphatic heterocycles. The summed E-state index contributed by atoms with van der Waals surface area (Å²) in [6.07, 6.45) is 6.77. The highest BCUT2D eigenvalue weighted by Gasteiger charge is 2.35. The van der Waals surface area contributed by atoms with Gasteiger partial charge in [0.1, 0.15) is 0 Å². The first-order valence-corrected chi connectivity index (χ1v) is 7.01. The van der Waals surface area contributed by atoms with E-state index in [2.05, 4.69) is 15.4 Å². The van der Waals surface area contributed by atoms with E-state index in [-0.39, 0.29) is 24.0 Å². The van der Waals surface area contributed by atoms with E-state index in [0.717, 1.165) is 0 Å². The molecule has 2 N–H and O–H groups in total. The van der Waals surface area contributed by atoms with Crippen LogP contribution in [0.2, 0.25) is 0 Å². The number of likely N-dealkylation sites (tertiary alicyclic amines) is 1. The van der Waals surface area contributed by atoms with Crippen molar-refractivity contribution in [2.24, 2.45) is 5.73 Å². The van der Waals surface area contributed by atoms with Gasteiger partial charge in [-0.2, -0.15) is 5.10 Å². The highest BCUT2D eigenvalue weighted by atomic mass is 16.2. The van der Waals surface area contributed by atoms with Gasteiger partial charge in [-0.05, 0) is 13.8 Å². The van der Waals surface area contributed by atoms with Crippen LogP contribution in [-0.4, -0.2) is 54.7 Å². The zero-order valence-electron chi connectivity index (χ0n) is 12.1. The van der Waals surface area contributed by atoms with E-state index in [1.165, 1.54) is 0 Å². The summed E-state index contributed by atoms with van der Waals surface area (Å²) in [5, 5.41) is 12.0. The third-order valence-electron chi connectivity index (χ3n) is 3.78. The summed E-state index contributed by atoms with van der Waals surface area (Å²) in [6.45, 7) is 5.09. The molecule has 1 fully saturated rings. The Kier molecular flexibility index (Phi) is 3.46. The van der Waals surface area contributed by atoms with E-state index in [1.54, 1.807) is 39.1 Å². The summed E-state index contributed by atoms with van der Waals surface area (Å²) in [7, 11) is 0. The number of carbonyl (C=O) groups is 1. The topological polar surface area (TPSA) is 94.9 Å². The van der Waals surface area contributed by atoms with E-state index in [1.807, 2.05) is 13.8 Å². The molecule has 112 valence electrons. The molecule has 2 atom stereocenters. The maximum Gasteiger partial charge on any atom is 0.257 e. The molecule has 1 aliphatic rings. The van der Waals surface area contributed by atoms with Gasteiger partial charge in [0.2, 0.25) is 0 Å². The summed E-state index contributed by atoms with van der Waals surface area (Å²) >= 11 is 0. The Morgan fingerprint density at radius 3 is 2.86 bits per heavy atom. The summed E-state index contributed by atoms with van der Waals surface area (Å²) in [4.78, 5) is 14.3. The number of hydrogen-bond donors (Lipinski definition) is 1. The molecule has 0 aliphatic carbocycles. The van der Waals surface area contributed by atoms with Gasteiger partial charge in [0.15, 0.2) is 0 Å². The summed E-state index contributed by atoms with van der Waals surface area (Å²) < 4.78 is 3.49. The van der Waals surface area contributed by atoms with E-state index in [9.17, 15) is 4.79 Å². The van der Waals surface area contributed by atoms with Crippen molar-refractivity contribution >= 4 is 5.91 Å². The first kappa shape index (κ1) is 13.7. The fourth-order valence-corrected chi connectivity index (χ4v) is 2.57. The molecule has 3 heterocycles. The van der Waals surface area contributed by atoms with Crippen LogP contribution in [-0.2, 0) is 0 Å². The van der Waals surface area contributed by atoms with E-state index in [4.69, 9.17) is 5.73 Å². The minimum absolute atomic E-state index is 0.0309. The Bertz CT molecular complexity index is 618. The maximum absolute atomic E-state index is 12.5. The van der Waals surface area contributed by atoms with E-state index in [0.29, 0.717) is 18.7 Å². The van der Waals surface area contributed by atoms with Crippen molar-refractivity contribution in [2.45, 2.75) is 32.0 Å². The molecule has 8 nitrogen and oxygen atoms in total. The maximum atomic E-state index is 12.5. The number of hydrogen-bond acceptors (Lipinski definition) is 5. The minimum atomic E-state index is -0.143. The lowest BCUT2D eigenvalue weighted by Crippen LogP contribution is -2.32. The first-order valence-electron chi connectivity index (χ1n) is 7.01. The number of rotatable bonds is 3. The van der Waals surface area contributed by atoms with Crippen LogP contribution in [0.1, 0.15) is 36.3 Å². The standard InChI is InChI=1S/C13H19N7O/c1-9(2)20-6-10(5-16-20)13(21)18-7-11(14)12(8-18)19-4-3-15-17-19/h3-6,9,11-12H,7-8,14H2,1-2H3/t11-,12+/m1/s1. The second kappa shape index (κ2) is 5.28. The van der Waals surface area contributed by atoms with Crippen molar-refractivity contribution in [3.8, 4) is 0 Å². The number of carbonyl (C=O) groups excluding carboxylic acids is 1. The van der Waals surface area contributed by atoms with Gasteiger partial charge in [0.05, 0.1) is 24.0 Å². The summed E-state index contributed by atoms with van der Waals surface area (Å²) in [5.41, 5.74) is 6.72. The van der Waals surface area contributed by atoms with Crippen molar-refractivity contribution < 1.29 is 4.79 Å². The fourth-order valence-electron chi connectivity index (χ4n) is 2.57.